The van der Waals surface area contributed by atoms with E-state index in [-0.39, 0.29) is 28.6 Å². The molecular formula is C32H25ClF3N5O7. The van der Waals surface area contributed by atoms with Gasteiger partial charge in [-0.1, -0.05) is 17.7 Å². The summed E-state index contributed by atoms with van der Waals surface area (Å²) in [6, 6.07) is 15.7. The number of carbonyl (C=O) groups is 4. The molecule has 0 aliphatic rings. The Morgan fingerprint density at radius 1 is 0.833 bits per heavy atom. The number of amides is 4. The summed E-state index contributed by atoms with van der Waals surface area (Å²) in [7, 11) is 1.40. The van der Waals surface area contributed by atoms with Crippen LogP contribution in [0.1, 0.15) is 28.5 Å². The van der Waals surface area contributed by atoms with Gasteiger partial charge in [-0.25, -0.2) is 4.79 Å². The number of nitrogens with one attached hydrogen (secondary N) is 4. The van der Waals surface area contributed by atoms with E-state index in [1.54, 1.807) is 12.1 Å². The van der Waals surface area contributed by atoms with Gasteiger partial charge in [0.1, 0.15) is 17.2 Å². The van der Waals surface area contributed by atoms with Crippen LogP contribution < -0.4 is 35.7 Å². The summed E-state index contributed by atoms with van der Waals surface area (Å²) in [6.07, 6.45) is -0.750. The lowest BCUT2D eigenvalue weighted by Crippen LogP contribution is -2.41. The van der Waals surface area contributed by atoms with E-state index in [2.05, 4.69) is 26.5 Å². The van der Waals surface area contributed by atoms with Crippen molar-refractivity contribution in [2.45, 2.75) is 13.1 Å². The van der Waals surface area contributed by atoms with E-state index in [0.29, 0.717) is 17.0 Å². The van der Waals surface area contributed by atoms with Crippen LogP contribution in [0.3, 0.4) is 0 Å². The third-order valence-corrected chi connectivity index (χ3v) is 6.34. The second-order valence-electron chi connectivity index (χ2n) is 9.56. The maximum atomic E-state index is 13.1. The van der Waals surface area contributed by atoms with Crippen LogP contribution in [-0.2, 0) is 15.8 Å². The van der Waals surface area contributed by atoms with Gasteiger partial charge in [0.2, 0.25) is 0 Å². The van der Waals surface area contributed by atoms with Gasteiger partial charge in [-0.05, 0) is 72.3 Å². The van der Waals surface area contributed by atoms with Crippen LogP contribution in [0.15, 0.2) is 85.1 Å². The van der Waals surface area contributed by atoms with Gasteiger partial charge in [-0.2, -0.15) is 13.2 Å². The minimum absolute atomic E-state index is 0.0755. The minimum Gasteiger partial charge on any atom is -0.493 e. The first kappa shape index (κ1) is 34.8. The number of urea groups is 1. The lowest BCUT2D eigenvalue weighted by atomic mass is 10.2. The first-order valence-corrected chi connectivity index (χ1v) is 14.0. The second kappa shape index (κ2) is 15.5. The van der Waals surface area contributed by atoms with Crippen molar-refractivity contribution in [1.82, 2.24) is 15.8 Å². The van der Waals surface area contributed by atoms with Crippen LogP contribution in [0.25, 0.3) is 6.08 Å². The third kappa shape index (κ3) is 9.95. The van der Waals surface area contributed by atoms with Crippen molar-refractivity contribution < 1.29 is 46.6 Å². The number of hydrogen-bond donors (Lipinski definition) is 4. The number of carbonyl (C=O) groups excluding carboxylic acids is 4. The van der Waals surface area contributed by atoms with Crippen molar-refractivity contribution in [3.05, 3.63) is 107 Å². The molecule has 0 unspecified atom stereocenters. The first-order chi connectivity index (χ1) is 22.8. The molecule has 4 rings (SSSR count). The number of pyridine rings is 1. The minimum atomic E-state index is -4.69. The highest BCUT2D eigenvalue weighted by molar-refractivity contribution is 6.31. The molecule has 12 nitrogen and oxygen atoms in total. The van der Waals surface area contributed by atoms with E-state index < -0.39 is 40.6 Å². The number of ether oxygens (including phenoxy) is 3. The van der Waals surface area contributed by atoms with Gasteiger partial charge in [-0.15, -0.1) is 0 Å². The van der Waals surface area contributed by atoms with E-state index in [1.807, 2.05) is 0 Å². The molecule has 0 atom stereocenters. The molecule has 1 aromatic heterocycles. The first-order valence-electron chi connectivity index (χ1n) is 13.6. The Balaban J connectivity index is 1.28. The fraction of sp³-hybridized carbons (Fsp3) is 0.0938. The predicted octanol–water partition coefficient (Wildman–Crippen LogP) is 6.60. The zero-order chi connectivity index (χ0) is 34.8. The van der Waals surface area contributed by atoms with Crippen molar-refractivity contribution in [3.63, 3.8) is 0 Å². The van der Waals surface area contributed by atoms with Crippen LogP contribution in [0.4, 0.5) is 29.3 Å². The Kier molecular flexibility index (Phi) is 11.2. The number of halogens is 4. The highest BCUT2D eigenvalue weighted by Gasteiger charge is 2.33. The number of rotatable bonds is 9. The number of anilines is 2. The summed E-state index contributed by atoms with van der Waals surface area (Å²) < 4.78 is 55.2. The number of aromatic nitrogens is 1. The number of methoxy groups -OCH3 is 1. The molecule has 0 fully saturated rings. The Hall–Kier alpha value is -6.09. The van der Waals surface area contributed by atoms with Crippen LogP contribution in [0, 0.1) is 0 Å². The molecule has 0 radical (unpaired) electrons. The number of hydrogen-bond acceptors (Lipinski definition) is 8. The molecule has 3 aromatic carbocycles. The lowest BCUT2D eigenvalue weighted by molar-refractivity contribution is -0.137. The Morgan fingerprint density at radius 3 is 2.23 bits per heavy atom. The summed E-state index contributed by atoms with van der Waals surface area (Å²) >= 11 is 5.61. The summed E-state index contributed by atoms with van der Waals surface area (Å²) in [6.45, 7) is 1.25. The highest BCUT2D eigenvalue weighted by Crippen LogP contribution is 2.36. The highest BCUT2D eigenvalue weighted by atomic mass is 35.5. The zero-order valence-electron chi connectivity index (χ0n) is 25.0. The lowest BCUT2D eigenvalue weighted by Gasteiger charge is -2.12. The van der Waals surface area contributed by atoms with Gasteiger partial charge in [0.15, 0.2) is 11.5 Å². The summed E-state index contributed by atoms with van der Waals surface area (Å²) in [5.74, 6) is -0.843. The quantitative estimate of drug-likeness (QED) is 0.0666. The fourth-order valence-electron chi connectivity index (χ4n) is 3.88. The maximum Gasteiger partial charge on any atom is 0.417 e. The predicted molar refractivity (Wildman–Crippen MR) is 169 cm³/mol. The number of nitrogens with zero attached hydrogens (tertiary/aromatic N) is 1. The molecule has 0 aliphatic carbocycles. The molecule has 0 saturated heterocycles. The molecule has 0 aliphatic heterocycles. The molecule has 0 saturated carbocycles. The topological polar surface area (TPSA) is 157 Å². The fourth-order valence-corrected chi connectivity index (χ4v) is 4.10. The molecule has 0 spiro atoms. The number of esters is 1. The summed E-state index contributed by atoms with van der Waals surface area (Å²) in [5.41, 5.74) is 4.07. The van der Waals surface area contributed by atoms with Crippen LogP contribution in [0.5, 0.6) is 23.0 Å². The molecule has 1 heterocycles. The number of benzene rings is 3. The van der Waals surface area contributed by atoms with Crippen molar-refractivity contribution in [3.8, 4) is 23.0 Å². The van der Waals surface area contributed by atoms with E-state index in [0.717, 1.165) is 18.2 Å². The standard InChI is InChI=1S/C32H25ClF3N5O7/c1-18(42)47-27-11-3-19(15-28(27)46-2)4-12-29(43)40-41-30(44)26-17-23(13-14-37-26)48-22-8-5-20(6-9-22)38-31(45)39-21-7-10-25(33)24(16-21)32(34,35)36/h3-17H,1-2H3,(H,40,43)(H,41,44)(H2,38,39,45). The Morgan fingerprint density at radius 2 is 1.54 bits per heavy atom. The van der Waals surface area contributed by atoms with Gasteiger partial charge in [0, 0.05) is 36.6 Å². The molecule has 248 valence electrons. The molecular weight excluding hydrogens is 659 g/mol. The van der Waals surface area contributed by atoms with Gasteiger partial charge in [-0.3, -0.25) is 30.2 Å². The van der Waals surface area contributed by atoms with Crippen molar-refractivity contribution in [2.24, 2.45) is 0 Å². The molecule has 4 amide bonds. The smallest absolute Gasteiger partial charge is 0.417 e. The second-order valence-corrected chi connectivity index (χ2v) is 9.96. The maximum absolute atomic E-state index is 13.1. The molecule has 0 bridgehead atoms. The van der Waals surface area contributed by atoms with Crippen molar-refractivity contribution >= 4 is 52.9 Å². The molecule has 4 aromatic rings. The summed E-state index contributed by atoms with van der Waals surface area (Å²) in [4.78, 5) is 52.3. The molecule has 48 heavy (non-hydrogen) atoms. The SMILES string of the molecule is COc1cc(C=CC(=O)NNC(=O)c2cc(Oc3ccc(NC(=O)Nc4ccc(Cl)c(C(F)(F)F)c4)cc3)ccn2)ccc1OC(C)=O. The number of alkyl halides is 3. The van der Waals surface area contributed by atoms with Crippen LogP contribution in [0.2, 0.25) is 5.02 Å². The normalized spacial score (nSPS) is 11.0. The van der Waals surface area contributed by atoms with Gasteiger partial charge < -0.3 is 24.8 Å². The monoisotopic (exact) mass is 683 g/mol. The Labute approximate surface area is 275 Å². The van der Waals surface area contributed by atoms with Gasteiger partial charge >= 0.3 is 18.2 Å². The van der Waals surface area contributed by atoms with Crippen LogP contribution >= 0.6 is 11.6 Å². The zero-order valence-corrected chi connectivity index (χ0v) is 25.7. The van der Waals surface area contributed by atoms with E-state index in [1.165, 1.54) is 74.8 Å². The van der Waals surface area contributed by atoms with E-state index in [9.17, 15) is 32.3 Å². The molecule has 16 heteroatoms. The largest absolute Gasteiger partial charge is 0.493 e. The van der Waals surface area contributed by atoms with Gasteiger partial charge in [0.25, 0.3) is 11.8 Å². The van der Waals surface area contributed by atoms with Gasteiger partial charge in [0.05, 0.1) is 17.7 Å². The average Bonchev–Trinajstić information content (AvgIpc) is 3.04. The van der Waals surface area contributed by atoms with E-state index in [4.69, 9.17) is 25.8 Å². The number of hydrazine groups is 1. The average molecular weight is 684 g/mol. The van der Waals surface area contributed by atoms with E-state index >= 15 is 0 Å². The third-order valence-electron chi connectivity index (χ3n) is 6.01. The van der Waals surface area contributed by atoms with Crippen molar-refractivity contribution in [2.75, 3.05) is 17.7 Å². The molecule has 4 N–H and O–H groups in total. The van der Waals surface area contributed by atoms with Crippen molar-refractivity contribution in [1.29, 1.82) is 0 Å². The summed E-state index contributed by atoms with van der Waals surface area (Å²) in [5, 5.41) is 4.31. The Bertz CT molecular complexity index is 1870. The van der Waals surface area contributed by atoms with Crippen LogP contribution in [-0.4, -0.2) is 35.9 Å².